The Kier molecular flexibility index (Phi) is 5.59. The van der Waals surface area contributed by atoms with Crippen LogP contribution in [-0.4, -0.2) is 48.7 Å². The average Bonchev–Trinajstić information content (AvgIpc) is 3.25. The lowest BCUT2D eigenvalue weighted by Gasteiger charge is -2.40. The van der Waals surface area contributed by atoms with Crippen molar-refractivity contribution in [3.63, 3.8) is 0 Å². The van der Waals surface area contributed by atoms with E-state index in [4.69, 9.17) is 16.3 Å². The number of carbonyl (C=O) groups is 1. The van der Waals surface area contributed by atoms with Crippen LogP contribution >= 0.6 is 11.6 Å². The summed E-state index contributed by atoms with van der Waals surface area (Å²) in [6.45, 7) is 9.05. The summed E-state index contributed by atoms with van der Waals surface area (Å²) in [5.74, 6) is 0.474. The quantitative estimate of drug-likeness (QED) is 0.703. The topological polar surface area (TPSA) is 41.6 Å². The third-order valence-corrected chi connectivity index (χ3v) is 7.63. The fourth-order valence-corrected chi connectivity index (χ4v) is 6.16. The number of nitrogens with zero attached hydrogens (tertiary/aromatic N) is 1. The van der Waals surface area contributed by atoms with E-state index in [0.717, 1.165) is 43.9 Å². The lowest BCUT2D eigenvalue weighted by molar-refractivity contribution is -0.131. The molecule has 3 aliphatic rings. The Bertz CT molecular complexity index is 1020. The summed E-state index contributed by atoms with van der Waals surface area (Å²) in [4.78, 5) is 14.9. The van der Waals surface area contributed by atoms with Crippen LogP contribution in [0, 0.1) is 0 Å². The van der Waals surface area contributed by atoms with E-state index < -0.39 is 0 Å². The first-order valence-electron chi connectivity index (χ1n) is 11.8. The van der Waals surface area contributed by atoms with Gasteiger partial charge in [-0.3, -0.25) is 4.79 Å². The SMILES string of the molecule is CC(C)(C)OCC(=O)NC1CCN(CC23CC(c4ccccc42)c2ccc(Cl)cc23)CC1. The number of piperidine rings is 1. The van der Waals surface area contributed by atoms with Crippen molar-refractivity contribution in [1.29, 1.82) is 0 Å². The molecule has 170 valence electrons. The molecule has 2 aromatic carbocycles. The van der Waals surface area contributed by atoms with E-state index in [0.29, 0.717) is 5.92 Å². The smallest absolute Gasteiger partial charge is 0.246 e. The minimum atomic E-state index is -0.296. The van der Waals surface area contributed by atoms with Gasteiger partial charge in [-0.25, -0.2) is 0 Å². The summed E-state index contributed by atoms with van der Waals surface area (Å²) in [5, 5.41) is 3.99. The van der Waals surface area contributed by atoms with Crippen molar-refractivity contribution in [2.75, 3.05) is 26.2 Å². The number of rotatable bonds is 5. The average molecular weight is 453 g/mol. The Labute approximate surface area is 196 Å². The lowest BCUT2D eigenvalue weighted by Crippen LogP contribution is -2.49. The first-order valence-corrected chi connectivity index (χ1v) is 12.2. The minimum absolute atomic E-state index is 0.0103. The summed E-state index contributed by atoms with van der Waals surface area (Å²) >= 11 is 6.45. The molecule has 2 bridgehead atoms. The molecule has 4 nitrogen and oxygen atoms in total. The molecule has 1 N–H and O–H groups in total. The van der Waals surface area contributed by atoms with E-state index in [-0.39, 0.29) is 29.6 Å². The highest BCUT2D eigenvalue weighted by Gasteiger charge is 2.53. The Morgan fingerprint density at radius 2 is 1.84 bits per heavy atom. The molecular formula is C27H33ClN2O2. The Hall–Kier alpha value is -1.88. The zero-order valence-corrected chi connectivity index (χ0v) is 20.0. The molecule has 1 amide bonds. The van der Waals surface area contributed by atoms with Gasteiger partial charge in [0.2, 0.25) is 5.91 Å². The minimum Gasteiger partial charge on any atom is -0.366 e. The second-order valence-corrected chi connectivity index (χ2v) is 11.1. The number of fused-ring (bicyclic) bond motifs is 8. The molecule has 2 unspecified atom stereocenters. The number of carbonyl (C=O) groups excluding carboxylic acids is 1. The van der Waals surface area contributed by atoms with Crippen molar-refractivity contribution in [2.24, 2.45) is 0 Å². The van der Waals surface area contributed by atoms with E-state index in [1.54, 1.807) is 0 Å². The second kappa shape index (κ2) is 8.16. The van der Waals surface area contributed by atoms with Crippen LogP contribution in [-0.2, 0) is 14.9 Å². The van der Waals surface area contributed by atoms with Crippen LogP contribution in [0.15, 0.2) is 42.5 Å². The van der Waals surface area contributed by atoms with Crippen LogP contribution in [0.2, 0.25) is 5.02 Å². The van der Waals surface area contributed by atoms with Crippen LogP contribution in [0.25, 0.3) is 0 Å². The molecule has 2 aromatic rings. The Balaban J connectivity index is 1.27. The molecule has 2 aliphatic carbocycles. The van der Waals surface area contributed by atoms with Crippen molar-refractivity contribution < 1.29 is 9.53 Å². The van der Waals surface area contributed by atoms with Gasteiger partial charge >= 0.3 is 0 Å². The van der Waals surface area contributed by atoms with E-state index in [1.165, 1.54) is 22.3 Å². The predicted molar refractivity (Wildman–Crippen MR) is 128 cm³/mol. The summed E-state index contributed by atoms with van der Waals surface area (Å²) in [7, 11) is 0. The van der Waals surface area contributed by atoms with E-state index in [9.17, 15) is 4.79 Å². The van der Waals surface area contributed by atoms with Crippen molar-refractivity contribution in [2.45, 2.75) is 63.0 Å². The molecule has 1 aliphatic heterocycles. The maximum atomic E-state index is 12.3. The number of nitrogens with one attached hydrogen (secondary N) is 1. The van der Waals surface area contributed by atoms with Crippen molar-refractivity contribution in [3.8, 4) is 0 Å². The molecule has 0 radical (unpaired) electrons. The van der Waals surface area contributed by atoms with Crippen molar-refractivity contribution in [1.82, 2.24) is 10.2 Å². The highest BCUT2D eigenvalue weighted by molar-refractivity contribution is 6.30. The van der Waals surface area contributed by atoms with Gasteiger partial charge in [0.1, 0.15) is 6.61 Å². The monoisotopic (exact) mass is 452 g/mol. The van der Waals surface area contributed by atoms with Gasteiger partial charge in [-0.2, -0.15) is 0 Å². The van der Waals surface area contributed by atoms with Gasteiger partial charge in [0.05, 0.1) is 5.60 Å². The highest BCUT2D eigenvalue weighted by atomic mass is 35.5. The van der Waals surface area contributed by atoms with Crippen LogP contribution in [0.1, 0.15) is 68.2 Å². The van der Waals surface area contributed by atoms with Gasteiger partial charge in [0.15, 0.2) is 0 Å². The normalized spacial score (nSPS) is 24.9. The van der Waals surface area contributed by atoms with Crippen LogP contribution in [0.3, 0.4) is 0 Å². The maximum absolute atomic E-state index is 12.3. The molecule has 5 rings (SSSR count). The highest BCUT2D eigenvalue weighted by Crippen LogP contribution is 2.60. The van der Waals surface area contributed by atoms with Crippen LogP contribution < -0.4 is 5.32 Å². The fourth-order valence-electron chi connectivity index (χ4n) is 5.99. The molecule has 0 saturated carbocycles. The molecular weight excluding hydrogens is 420 g/mol. The molecule has 0 spiro atoms. The van der Waals surface area contributed by atoms with Gasteiger partial charge in [-0.1, -0.05) is 41.9 Å². The van der Waals surface area contributed by atoms with Gasteiger partial charge < -0.3 is 15.0 Å². The Morgan fingerprint density at radius 1 is 1.12 bits per heavy atom. The third kappa shape index (κ3) is 3.98. The van der Waals surface area contributed by atoms with Crippen LogP contribution in [0.4, 0.5) is 0 Å². The van der Waals surface area contributed by atoms with Gasteiger partial charge in [-0.15, -0.1) is 0 Å². The standard InChI is InChI=1S/C27H33ClN2O2/c1-26(2,3)32-16-25(31)29-19-10-12-30(13-11-19)17-27-15-22(20-6-4-5-7-23(20)27)21-9-8-18(28)14-24(21)27/h4-9,14,19,22H,10-13,15-17H2,1-3H3,(H,29,31). The summed E-state index contributed by atoms with van der Waals surface area (Å²) in [5.41, 5.74) is 5.57. The summed E-state index contributed by atoms with van der Waals surface area (Å²) in [6.07, 6.45) is 3.10. The van der Waals surface area contributed by atoms with E-state index in [2.05, 4.69) is 46.6 Å². The molecule has 1 fully saturated rings. The second-order valence-electron chi connectivity index (χ2n) is 10.7. The van der Waals surface area contributed by atoms with Crippen molar-refractivity contribution >= 4 is 17.5 Å². The van der Waals surface area contributed by atoms with E-state index >= 15 is 0 Å². The molecule has 1 heterocycles. The number of likely N-dealkylation sites (tertiary alicyclic amines) is 1. The van der Waals surface area contributed by atoms with E-state index in [1.807, 2.05) is 26.8 Å². The largest absolute Gasteiger partial charge is 0.366 e. The number of halogens is 1. The zero-order chi connectivity index (χ0) is 22.5. The molecule has 5 heteroatoms. The molecule has 32 heavy (non-hydrogen) atoms. The maximum Gasteiger partial charge on any atom is 0.246 e. The first kappa shape index (κ1) is 21.9. The van der Waals surface area contributed by atoms with Gasteiger partial charge in [0, 0.05) is 42.0 Å². The molecule has 2 atom stereocenters. The number of ether oxygens (including phenoxy) is 1. The summed E-state index contributed by atoms with van der Waals surface area (Å²) in [6, 6.07) is 15.7. The number of hydrogen-bond donors (Lipinski definition) is 1. The molecule has 0 aromatic heterocycles. The first-order chi connectivity index (χ1) is 15.2. The number of benzene rings is 2. The van der Waals surface area contributed by atoms with Gasteiger partial charge in [-0.05, 0) is 74.4 Å². The Morgan fingerprint density at radius 3 is 2.59 bits per heavy atom. The van der Waals surface area contributed by atoms with Gasteiger partial charge in [0.25, 0.3) is 0 Å². The predicted octanol–water partition coefficient (Wildman–Crippen LogP) is 4.87. The van der Waals surface area contributed by atoms with Crippen LogP contribution in [0.5, 0.6) is 0 Å². The summed E-state index contributed by atoms with van der Waals surface area (Å²) < 4.78 is 5.62. The zero-order valence-electron chi connectivity index (χ0n) is 19.3. The number of amides is 1. The van der Waals surface area contributed by atoms with Crippen molar-refractivity contribution in [3.05, 3.63) is 69.7 Å². The third-order valence-electron chi connectivity index (χ3n) is 7.39. The number of hydrogen-bond acceptors (Lipinski definition) is 3. The lowest BCUT2D eigenvalue weighted by atomic mass is 9.74. The fraction of sp³-hybridized carbons (Fsp3) is 0.519. The molecule has 1 saturated heterocycles.